The highest BCUT2D eigenvalue weighted by molar-refractivity contribution is 7.99. The van der Waals surface area contributed by atoms with Crippen LogP contribution in [-0.4, -0.2) is 40.5 Å². The Balaban J connectivity index is 1.54. The first-order valence-corrected chi connectivity index (χ1v) is 11.4. The number of benzene rings is 2. The molecule has 0 radical (unpaired) electrons. The van der Waals surface area contributed by atoms with E-state index in [-0.39, 0.29) is 23.3 Å². The van der Waals surface area contributed by atoms with E-state index < -0.39 is 0 Å². The lowest BCUT2D eigenvalue weighted by Crippen LogP contribution is -2.29. The van der Waals surface area contributed by atoms with Gasteiger partial charge in [-0.1, -0.05) is 36.0 Å². The molecule has 0 bridgehead atoms. The quantitative estimate of drug-likeness (QED) is 0.426. The van der Waals surface area contributed by atoms with E-state index in [9.17, 15) is 9.59 Å². The number of nitrogens with one attached hydrogen (secondary N) is 1. The van der Waals surface area contributed by atoms with Crippen LogP contribution < -0.4 is 15.6 Å². The van der Waals surface area contributed by atoms with Crippen molar-refractivity contribution in [3.8, 4) is 5.75 Å². The van der Waals surface area contributed by atoms with Gasteiger partial charge in [0.25, 0.3) is 5.56 Å². The Hall–Kier alpha value is -2.84. The molecule has 1 aromatic heterocycles. The molecule has 1 fully saturated rings. The molecule has 1 aliphatic rings. The minimum absolute atomic E-state index is 0.00749. The van der Waals surface area contributed by atoms with Gasteiger partial charge in [0, 0.05) is 6.61 Å². The molecule has 7 nitrogen and oxygen atoms in total. The maximum atomic E-state index is 13.1. The summed E-state index contributed by atoms with van der Waals surface area (Å²) in [4.78, 5) is 30.4. The number of hydrogen-bond donors (Lipinski definition) is 1. The van der Waals surface area contributed by atoms with Crippen LogP contribution in [0.3, 0.4) is 0 Å². The summed E-state index contributed by atoms with van der Waals surface area (Å²) in [6, 6.07) is 14.6. The SMILES string of the molecule is CCOc1ccccc1NC(=O)CSc1nc2ccccc2c(=O)n1C[C@H]1CCCO1. The Bertz CT molecular complexity index is 1130. The summed E-state index contributed by atoms with van der Waals surface area (Å²) < 4.78 is 12.9. The highest BCUT2D eigenvalue weighted by atomic mass is 32.2. The summed E-state index contributed by atoms with van der Waals surface area (Å²) >= 11 is 1.25. The summed E-state index contributed by atoms with van der Waals surface area (Å²) in [7, 11) is 0. The van der Waals surface area contributed by atoms with Gasteiger partial charge in [-0.3, -0.25) is 14.2 Å². The second kappa shape index (κ2) is 9.98. The predicted octanol–water partition coefficient (Wildman–Crippen LogP) is 3.71. The largest absolute Gasteiger partial charge is 0.492 e. The minimum Gasteiger partial charge on any atom is -0.492 e. The summed E-state index contributed by atoms with van der Waals surface area (Å²) in [5.74, 6) is 0.558. The molecule has 0 unspecified atom stereocenters. The van der Waals surface area contributed by atoms with Crippen molar-refractivity contribution in [3.63, 3.8) is 0 Å². The molecule has 2 heterocycles. The Morgan fingerprint density at radius 2 is 2.06 bits per heavy atom. The Morgan fingerprint density at radius 1 is 1.26 bits per heavy atom. The molecule has 8 heteroatoms. The van der Waals surface area contributed by atoms with Crippen LogP contribution in [0.4, 0.5) is 5.69 Å². The summed E-state index contributed by atoms with van der Waals surface area (Å²) in [5.41, 5.74) is 1.14. The molecule has 162 valence electrons. The fraction of sp³-hybridized carbons (Fsp3) is 0.348. The molecule has 2 aromatic carbocycles. The highest BCUT2D eigenvalue weighted by Crippen LogP contribution is 2.25. The lowest BCUT2D eigenvalue weighted by atomic mass is 10.2. The second-order valence-corrected chi connectivity index (χ2v) is 8.17. The van der Waals surface area contributed by atoms with E-state index in [2.05, 4.69) is 10.3 Å². The smallest absolute Gasteiger partial charge is 0.262 e. The van der Waals surface area contributed by atoms with Gasteiger partial charge in [-0.05, 0) is 44.0 Å². The Kier molecular flexibility index (Phi) is 6.89. The van der Waals surface area contributed by atoms with Gasteiger partial charge in [0.1, 0.15) is 5.75 Å². The van der Waals surface area contributed by atoms with Crippen LogP contribution in [-0.2, 0) is 16.1 Å². The molecular formula is C23H25N3O4S. The van der Waals surface area contributed by atoms with E-state index in [1.54, 1.807) is 16.7 Å². The van der Waals surface area contributed by atoms with Gasteiger partial charge in [0.2, 0.25) is 5.91 Å². The monoisotopic (exact) mass is 439 g/mol. The summed E-state index contributed by atoms with van der Waals surface area (Å²) in [6.07, 6.45) is 1.90. The molecule has 31 heavy (non-hydrogen) atoms. The van der Waals surface area contributed by atoms with E-state index >= 15 is 0 Å². The van der Waals surface area contributed by atoms with Gasteiger partial charge >= 0.3 is 0 Å². The van der Waals surface area contributed by atoms with E-state index in [0.29, 0.717) is 47.3 Å². The van der Waals surface area contributed by atoms with Crippen molar-refractivity contribution in [2.24, 2.45) is 0 Å². The van der Waals surface area contributed by atoms with Crippen LogP contribution in [0.5, 0.6) is 5.75 Å². The number of carbonyl (C=O) groups excluding carboxylic acids is 1. The van der Waals surface area contributed by atoms with Crippen molar-refractivity contribution in [2.75, 3.05) is 24.3 Å². The molecule has 1 atom stereocenters. The molecule has 4 rings (SSSR count). The number of fused-ring (bicyclic) bond motifs is 1. The fourth-order valence-corrected chi connectivity index (χ4v) is 4.39. The number of thioether (sulfide) groups is 1. The normalized spacial score (nSPS) is 15.8. The number of rotatable bonds is 8. The Labute approximate surface area is 184 Å². The van der Waals surface area contributed by atoms with E-state index in [4.69, 9.17) is 9.47 Å². The van der Waals surface area contributed by atoms with E-state index in [1.165, 1.54) is 11.8 Å². The highest BCUT2D eigenvalue weighted by Gasteiger charge is 2.21. The molecule has 1 N–H and O–H groups in total. The zero-order valence-electron chi connectivity index (χ0n) is 17.4. The van der Waals surface area contributed by atoms with Gasteiger partial charge in [-0.25, -0.2) is 4.98 Å². The summed E-state index contributed by atoms with van der Waals surface area (Å²) in [5, 5.41) is 3.98. The van der Waals surface area contributed by atoms with Gasteiger partial charge in [0.05, 0.1) is 41.6 Å². The number of anilines is 1. The maximum Gasteiger partial charge on any atom is 0.262 e. The van der Waals surface area contributed by atoms with Crippen molar-refractivity contribution < 1.29 is 14.3 Å². The number of ether oxygens (including phenoxy) is 2. The topological polar surface area (TPSA) is 82.5 Å². The summed E-state index contributed by atoms with van der Waals surface area (Å²) in [6.45, 7) is 3.56. The predicted molar refractivity (Wildman–Crippen MR) is 122 cm³/mol. The number of nitrogens with zero attached hydrogens (tertiary/aromatic N) is 2. The van der Waals surface area contributed by atoms with Gasteiger partial charge in [-0.2, -0.15) is 0 Å². The molecule has 1 aliphatic heterocycles. The minimum atomic E-state index is -0.191. The average molecular weight is 440 g/mol. The van der Waals surface area contributed by atoms with Crippen molar-refractivity contribution >= 4 is 34.3 Å². The van der Waals surface area contributed by atoms with Gasteiger partial charge in [0.15, 0.2) is 5.16 Å². The van der Waals surface area contributed by atoms with Gasteiger partial charge in [-0.15, -0.1) is 0 Å². The molecule has 1 amide bonds. The first-order valence-electron chi connectivity index (χ1n) is 10.4. The van der Waals surface area contributed by atoms with Gasteiger partial charge < -0.3 is 14.8 Å². The fourth-order valence-electron chi connectivity index (χ4n) is 3.58. The first kappa shape index (κ1) is 21.4. The third-order valence-electron chi connectivity index (χ3n) is 5.03. The zero-order valence-corrected chi connectivity index (χ0v) is 18.2. The van der Waals surface area contributed by atoms with E-state index in [1.807, 2.05) is 43.3 Å². The molecule has 0 saturated carbocycles. The molecule has 0 aliphatic carbocycles. The molecule has 1 saturated heterocycles. The standard InChI is InChI=1S/C23H25N3O4S/c1-2-29-20-12-6-5-11-19(20)24-21(27)15-31-23-25-18-10-4-3-9-17(18)22(28)26(23)14-16-8-7-13-30-16/h3-6,9-12,16H,2,7-8,13-15H2,1H3,(H,24,27)/t16-/m1/s1. The molecule has 3 aromatic rings. The van der Waals surface area contributed by atoms with Crippen LogP contribution in [0, 0.1) is 0 Å². The maximum absolute atomic E-state index is 13.1. The van der Waals surface area contributed by atoms with Crippen LogP contribution >= 0.6 is 11.8 Å². The Morgan fingerprint density at radius 3 is 2.87 bits per heavy atom. The van der Waals surface area contributed by atoms with Crippen LogP contribution in [0.25, 0.3) is 10.9 Å². The average Bonchev–Trinajstić information content (AvgIpc) is 3.29. The molecular weight excluding hydrogens is 414 g/mol. The first-order chi connectivity index (χ1) is 15.2. The van der Waals surface area contributed by atoms with Crippen LogP contribution in [0.2, 0.25) is 0 Å². The second-order valence-electron chi connectivity index (χ2n) is 7.23. The van der Waals surface area contributed by atoms with Crippen molar-refractivity contribution in [3.05, 3.63) is 58.9 Å². The third kappa shape index (κ3) is 5.08. The van der Waals surface area contributed by atoms with Crippen molar-refractivity contribution in [2.45, 2.75) is 37.6 Å². The third-order valence-corrected chi connectivity index (χ3v) is 6.01. The number of para-hydroxylation sites is 3. The number of hydrogen-bond acceptors (Lipinski definition) is 6. The number of amides is 1. The van der Waals surface area contributed by atoms with Crippen LogP contribution in [0.15, 0.2) is 58.5 Å². The van der Waals surface area contributed by atoms with Crippen molar-refractivity contribution in [1.29, 1.82) is 0 Å². The number of aromatic nitrogens is 2. The van der Waals surface area contributed by atoms with E-state index in [0.717, 1.165) is 12.8 Å². The number of carbonyl (C=O) groups is 1. The lowest BCUT2D eigenvalue weighted by Gasteiger charge is -2.16. The molecule has 0 spiro atoms. The lowest BCUT2D eigenvalue weighted by molar-refractivity contribution is -0.113. The van der Waals surface area contributed by atoms with Crippen molar-refractivity contribution in [1.82, 2.24) is 9.55 Å². The zero-order chi connectivity index (χ0) is 21.6. The van der Waals surface area contributed by atoms with Crippen LogP contribution in [0.1, 0.15) is 19.8 Å².